The molecule has 0 heterocycles. The molecule has 0 bridgehead atoms. The van der Waals surface area contributed by atoms with Gasteiger partial charge in [0, 0.05) is 13.2 Å². The zero-order valence-corrected chi connectivity index (χ0v) is 12.0. The lowest BCUT2D eigenvalue weighted by molar-refractivity contribution is 0.0595. The first-order valence-corrected chi connectivity index (χ1v) is 6.23. The molecule has 1 atom stereocenters. The number of nitrogens with one attached hydrogen (secondary N) is 1. The molecule has 0 fully saturated rings. The number of benzene rings is 1. The van der Waals surface area contributed by atoms with Crippen LogP contribution in [-0.2, 0) is 9.47 Å². The zero-order valence-electron chi connectivity index (χ0n) is 12.0. The fraction of sp³-hybridized carbons (Fsp3) is 0.500. The van der Waals surface area contributed by atoms with Crippen LogP contribution in [0.3, 0.4) is 0 Å². The number of anilines is 1. The maximum absolute atomic E-state index is 13.8. The Morgan fingerprint density at radius 3 is 2.40 bits per heavy atom. The van der Waals surface area contributed by atoms with Gasteiger partial charge in [-0.1, -0.05) is 13.8 Å². The largest absolute Gasteiger partial charge is 0.465 e. The summed E-state index contributed by atoms with van der Waals surface area (Å²) in [6, 6.07) is 1.62. The van der Waals surface area contributed by atoms with Gasteiger partial charge >= 0.3 is 5.97 Å². The van der Waals surface area contributed by atoms with Crippen molar-refractivity contribution in [3.05, 3.63) is 29.3 Å². The number of hydrogen-bond donors (Lipinski definition) is 1. The van der Waals surface area contributed by atoms with Gasteiger partial charge in [-0.25, -0.2) is 13.6 Å². The first-order chi connectivity index (χ1) is 9.40. The number of ether oxygens (including phenoxy) is 2. The summed E-state index contributed by atoms with van der Waals surface area (Å²) in [5.41, 5.74) is -0.265. The summed E-state index contributed by atoms with van der Waals surface area (Å²) in [7, 11) is 2.68. The Morgan fingerprint density at radius 1 is 1.25 bits per heavy atom. The molecule has 0 aliphatic rings. The molecule has 6 heteroatoms. The second-order valence-corrected chi connectivity index (χ2v) is 4.75. The minimum Gasteiger partial charge on any atom is -0.465 e. The van der Waals surface area contributed by atoms with Gasteiger partial charge in [0.25, 0.3) is 0 Å². The predicted octanol–water partition coefficient (Wildman–Crippen LogP) is 2.83. The van der Waals surface area contributed by atoms with Gasteiger partial charge in [-0.2, -0.15) is 0 Å². The molecule has 0 saturated heterocycles. The van der Waals surface area contributed by atoms with Gasteiger partial charge in [-0.3, -0.25) is 0 Å². The van der Waals surface area contributed by atoms with Crippen LogP contribution in [0.25, 0.3) is 0 Å². The second kappa shape index (κ2) is 7.19. The van der Waals surface area contributed by atoms with Crippen molar-refractivity contribution in [1.82, 2.24) is 0 Å². The van der Waals surface area contributed by atoms with Crippen molar-refractivity contribution in [3.63, 3.8) is 0 Å². The molecule has 0 amide bonds. The molecule has 112 valence electrons. The van der Waals surface area contributed by atoms with Crippen LogP contribution in [0.15, 0.2) is 12.1 Å². The van der Waals surface area contributed by atoms with Gasteiger partial charge in [0.05, 0.1) is 31.0 Å². The summed E-state index contributed by atoms with van der Waals surface area (Å²) < 4.78 is 36.8. The second-order valence-electron chi connectivity index (χ2n) is 4.75. The van der Waals surface area contributed by atoms with E-state index in [1.54, 1.807) is 0 Å². The van der Waals surface area contributed by atoms with Gasteiger partial charge in [0.1, 0.15) is 11.6 Å². The molecule has 0 saturated carbocycles. The van der Waals surface area contributed by atoms with Gasteiger partial charge in [0.2, 0.25) is 0 Å². The first-order valence-electron chi connectivity index (χ1n) is 6.23. The fourth-order valence-electron chi connectivity index (χ4n) is 1.71. The standard InChI is InChI=1S/C14H19F2NO3/c1-8(2)13(7-19-3)17-12-5-9(14(18)20-4)10(15)6-11(12)16/h5-6,8,13,17H,7H2,1-4H3. The predicted molar refractivity (Wildman–Crippen MR) is 71.8 cm³/mol. The summed E-state index contributed by atoms with van der Waals surface area (Å²) in [4.78, 5) is 11.4. The van der Waals surface area contributed by atoms with Crippen molar-refractivity contribution in [1.29, 1.82) is 0 Å². The van der Waals surface area contributed by atoms with Crippen LogP contribution in [0.2, 0.25) is 0 Å². The fourth-order valence-corrected chi connectivity index (χ4v) is 1.71. The van der Waals surface area contributed by atoms with Crippen molar-refractivity contribution in [2.45, 2.75) is 19.9 Å². The highest BCUT2D eigenvalue weighted by Crippen LogP contribution is 2.22. The Morgan fingerprint density at radius 2 is 1.90 bits per heavy atom. The van der Waals surface area contributed by atoms with Crippen LogP contribution < -0.4 is 5.32 Å². The third-order valence-corrected chi connectivity index (χ3v) is 2.95. The normalized spacial score (nSPS) is 12.3. The van der Waals surface area contributed by atoms with Gasteiger partial charge in [0.15, 0.2) is 0 Å². The van der Waals surface area contributed by atoms with Crippen molar-refractivity contribution in [2.24, 2.45) is 5.92 Å². The van der Waals surface area contributed by atoms with E-state index in [1.807, 2.05) is 13.8 Å². The van der Waals surface area contributed by atoms with Crippen molar-refractivity contribution >= 4 is 11.7 Å². The molecule has 1 aromatic rings. The number of halogens is 2. The summed E-state index contributed by atoms with van der Waals surface area (Å²) in [5, 5.41) is 2.92. The number of hydrogen-bond acceptors (Lipinski definition) is 4. The summed E-state index contributed by atoms with van der Waals surface area (Å²) >= 11 is 0. The van der Waals surface area contributed by atoms with Crippen LogP contribution in [0, 0.1) is 17.6 Å². The molecule has 1 unspecified atom stereocenters. The lowest BCUT2D eigenvalue weighted by Crippen LogP contribution is -2.31. The molecule has 1 rings (SSSR count). The molecule has 20 heavy (non-hydrogen) atoms. The Bertz CT molecular complexity index is 478. The van der Waals surface area contributed by atoms with Gasteiger partial charge < -0.3 is 14.8 Å². The third-order valence-electron chi connectivity index (χ3n) is 2.95. The topological polar surface area (TPSA) is 47.6 Å². The van der Waals surface area contributed by atoms with Gasteiger partial charge in [-0.15, -0.1) is 0 Å². The van der Waals surface area contributed by atoms with E-state index in [-0.39, 0.29) is 23.2 Å². The quantitative estimate of drug-likeness (QED) is 0.817. The number of carbonyl (C=O) groups is 1. The van der Waals surface area contributed by atoms with Crippen LogP contribution in [0.5, 0.6) is 0 Å². The van der Waals surface area contributed by atoms with E-state index >= 15 is 0 Å². The third kappa shape index (κ3) is 3.90. The van der Waals surface area contributed by atoms with E-state index in [1.165, 1.54) is 7.11 Å². The highest BCUT2D eigenvalue weighted by Gasteiger charge is 2.20. The number of methoxy groups -OCH3 is 2. The Kier molecular flexibility index (Phi) is 5.88. The molecule has 0 aromatic heterocycles. The molecule has 1 N–H and O–H groups in total. The summed E-state index contributed by atoms with van der Waals surface area (Å²) in [6.45, 7) is 4.25. The molecule has 0 aliphatic heterocycles. The molecular weight excluding hydrogens is 268 g/mol. The Hall–Kier alpha value is -1.69. The monoisotopic (exact) mass is 287 g/mol. The van der Waals surface area contributed by atoms with Crippen LogP contribution in [-0.4, -0.2) is 32.8 Å². The summed E-state index contributed by atoms with van der Waals surface area (Å²) in [5.74, 6) is -2.40. The van der Waals surface area contributed by atoms with E-state index < -0.39 is 17.6 Å². The van der Waals surface area contributed by atoms with Crippen LogP contribution in [0.4, 0.5) is 14.5 Å². The molecular formula is C14H19F2NO3. The Balaban J connectivity index is 3.08. The van der Waals surface area contributed by atoms with E-state index in [9.17, 15) is 13.6 Å². The highest BCUT2D eigenvalue weighted by atomic mass is 19.1. The van der Waals surface area contributed by atoms with E-state index in [0.717, 1.165) is 13.2 Å². The van der Waals surface area contributed by atoms with Crippen LogP contribution in [0.1, 0.15) is 24.2 Å². The van der Waals surface area contributed by atoms with E-state index in [2.05, 4.69) is 10.1 Å². The molecule has 0 spiro atoms. The smallest absolute Gasteiger partial charge is 0.340 e. The SMILES string of the molecule is COCC(Nc1cc(C(=O)OC)c(F)cc1F)C(C)C. The highest BCUT2D eigenvalue weighted by molar-refractivity contribution is 5.90. The summed E-state index contributed by atoms with van der Waals surface area (Å²) in [6.07, 6.45) is 0. The van der Waals surface area contributed by atoms with Crippen molar-refractivity contribution in [2.75, 3.05) is 26.1 Å². The van der Waals surface area contributed by atoms with Crippen LogP contribution >= 0.6 is 0 Å². The molecule has 4 nitrogen and oxygen atoms in total. The maximum Gasteiger partial charge on any atom is 0.340 e. The molecule has 1 aromatic carbocycles. The van der Waals surface area contributed by atoms with Gasteiger partial charge in [-0.05, 0) is 12.0 Å². The average Bonchev–Trinajstić information content (AvgIpc) is 2.39. The Labute approximate surface area is 117 Å². The lowest BCUT2D eigenvalue weighted by atomic mass is 10.0. The molecule has 0 radical (unpaired) electrons. The minimum absolute atomic E-state index is 0.0440. The van der Waals surface area contributed by atoms with E-state index in [4.69, 9.17) is 4.74 Å². The zero-order chi connectivity index (χ0) is 15.3. The number of carbonyl (C=O) groups excluding carboxylic acids is 1. The maximum atomic E-state index is 13.8. The average molecular weight is 287 g/mol. The molecule has 0 aliphatic carbocycles. The number of rotatable bonds is 6. The van der Waals surface area contributed by atoms with E-state index in [0.29, 0.717) is 12.7 Å². The minimum atomic E-state index is -0.951. The number of esters is 1. The first kappa shape index (κ1) is 16.4. The lowest BCUT2D eigenvalue weighted by Gasteiger charge is -2.23. The van der Waals surface area contributed by atoms with Crippen molar-refractivity contribution < 1.29 is 23.0 Å². The van der Waals surface area contributed by atoms with Crippen molar-refractivity contribution in [3.8, 4) is 0 Å².